The quantitative estimate of drug-likeness (QED) is 0.322. The summed E-state index contributed by atoms with van der Waals surface area (Å²) in [7, 11) is 0. The Balaban J connectivity index is 1.20. The van der Waals surface area contributed by atoms with Gasteiger partial charge in [0.2, 0.25) is 0 Å². The van der Waals surface area contributed by atoms with Crippen LogP contribution >= 0.6 is 0 Å². The minimum Gasteiger partial charge on any atom is -0.368 e. The molecule has 5 rings (SSSR count). The predicted molar refractivity (Wildman–Crippen MR) is 143 cm³/mol. The second-order valence-electron chi connectivity index (χ2n) is 9.05. The number of hydrogen-bond donors (Lipinski definition) is 1. The smallest absolute Gasteiger partial charge is 0.298 e. The molecule has 1 amide bonds. The van der Waals surface area contributed by atoms with Gasteiger partial charge in [-0.05, 0) is 80.1 Å². The molecule has 0 radical (unpaired) electrons. The number of para-hydroxylation sites is 1. The molecule has 4 aromatic rings. The molecule has 7 nitrogen and oxygen atoms in total. The van der Waals surface area contributed by atoms with Crippen LogP contribution in [0.4, 0.5) is 17.2 Å². The van der Waals surface area contributed by atoms with Gasteiger partial charge in [0.25, 0.3) is 11.7 Å². The van der Waals surface area contributed by atoms with Gasteiger partial charge in [-0.3, -0.25) is 9.59 Å². The number of carbonyl (C=O) groups excluding carboxylic acids is 2. The second kappa shape index (κ2) is 10.1. The van der Waals surface area contributed by atoms with Gasteiger partial charge < -0.3 is 19.7 Å². The second-order valence-corrected chi connectivity index (χ2v) is 9.05. The number of carbonyl (C=O) groups is 2. The number of ketones is 1. The number of pyridine rings is 1. The molecule has 0 bridgehead atoms. The van der Waals surface area contributed by atoms with E-state index >= 15 is 0 Å². The first-order valence-electron chi connectivity index (χ1n) is 12.1. The van der Waals surface area contributed by atoms with Crippen molar-refractivity contribution >= 4 is 28.9 Å². The molecule has 0 atom stereocenters. The first-order valence-corrected chi connectivity index (χ1v) is 12.1. The van der Waals surface area contributed by atoms with E-state index in [1.165, 1.54) is 5.56 Å². The van der Waals surface area contributed by atoms with Crippen molar-refractivity contribution in [3.8, 4) is 5.69 Å². The van der Waals surface area contributed by atoms with E-state index in [9.17, 15) is 9.59 Å². The van der Waals surface area contributed by atoms with Gasteiger partial charge in [0.05, 0.1) is 5.69 Å². The van der Waals surface area contributed by atoms with Crippen molar-refractivity contribution in [2.75, 3.05) is 41.3 Å². The largest absolute Gasteiger partial charge is 0.368 e. The first kappa shape index (κ1) is 23.4. The van der Waals surface area contributed by atoms with E-state index in [0.29, 0.717) is 11.4 Å². The van der Waals surface area contributed by atoms with E-state index in [-0.39, 0.29) is 0 Å². The molecule has 1 aliphatic rings. The summed E-state index contributed by atoms with van der Waals surface area (Å²) in [6, 6.07) is 24.8. The van der Waals surface area contributed by atoms with Crippen molar-refractivity contribution in [2.45, 2.75) is 13.8 Å². The Kier molecular flexibility index (Phi) is 6.54. The number of amides is 1. The summed E-state index contributed by atoms with van der Waals surface area (Å²) in [5.41, 5.74) is 5.10. The van der Waals surface area contributed by atoms with Crippen LogP contribution in [0.3, 0.4) is 0 Å². The van der Waals surface area contributed by atoms with Crippen LogP contribution in [0.5, 0.6) is 0 Å². The zero-order chi connectivity index (χ0) is 25.1. The lowest BCUT2D eigenvalue weighted by Crippen LogP contribution is -2.46. The van der Waals surface area contributed by atoms with E-state index in [0.717, 1.165) is 49.1 Å². The highest BCUT2D eigenvalue weighted by atomic mass is 16.2. The molecule has 1 N–H and O–H groups in total. The fraction of sp³-hybridized carbons (Fsp3) is 0.207. The van der Waals surface area contributed by atoms with E-state index in [2.05, 4.69) is 39.2 Å². The number of benzene rings is 2. The lowest BCUT2D eigenvalue weighted by molar-refractivity contribution is -0.112. The Hall–Kier alpha value is -4.39. The van der Waals surface area contributed by atoms with Crippen LogP contribution in [0.2, 0.25) is 0 Å². The van der Waals surface area contributed by atoms with Crippen molar-refractivity contribution < 1.29 is 9.59 Å². The molecule has 2 aromatic carbocycles. The van der Waals surface area contributed by atoms with Crippen molar-refractivity contribution in [1.82, 2.24) is 9.55 Å². The maximum absolute atomic E-state index is 12.9. The van der Waals surface area contributed by atoms with Gasteiger partial charge in [0, 0.05) is 55.1 Å². The highest BCUT2D eigenvalue weighted by molar-refractivity contribution is 6.46. The monoisotopic (exact) mass is 479 g/mol. The molecule has 1 fully saturated rings. The number of piperazine rings is 1. The van der Waals surface area contributed by atoms with E-state index in [1.54, 1.807) is 22.9 Å². The number of aryl methyl sites for hydroxylation is 2. The average Bonchev–Trinajstić information content (AvgIpc) is 3.39. The van der Waals surface area contributed by atoms with E-state index in [4.69, 9.17) is 0 Å². The molecule has 7 heteroatoms. The fourth-order valence-electron chi connectivity index (χ4n) is 4.62. The molecular weight excluding hydrogens is 450 g/mol. The van der Waals surface area contributed by atoms with Crippen LogP contribution in [0, 0.1) is 13.8 Å². The molecule has 0 unspecified atom stereocenters. The summed E-state index contributed by atoms with van der Waals surface area (Å²) >= 11 is 0. The molecular formula is C29H29N5O2. The fourth-order valence-corrected chi connectivity index (χ4v) is 4.62. The lowest BCUT2D eigenvalue weighted by Gasteiger charge is -2.37. The molecule has 182 valence electrons. The zero-order valence-electron chi connectivity index (χ0n) is 20.5. The number of aromatic nitrogens is 2. The lowest BCUT2D eigenvalue weighted by atomic mass is 10.2. The van der Waals surface area contributed by atoms with Gasteiger partial charge in [-0.25, -0.2) is 4.98 Å². The normalized spacial score (nSPS) is 13.5. The maximum atomic E-state index is 12.9. The Morgan fingerprint density at radius 2 is 1.47 bits per heavy atom. The average molecular weight is 480 g/mol. The third kappa shape index (κ3) is 5.00. The number of rotatable bonds is 6. The van der Waals surface area contributed by atoms with Gasteiger partial charge in [-0.1, -0.05) is 18.2 Å². The highest BCUT2D eigenvalue weighted by Crippen LogP contribution is 2.22. The van der Waals surface area contributed by atoms with Crippen LogP contribution in [0.15, 0.2) is 85.1 Å². The molecule has 36 heavy (non-hydrogen) atoms. The zero-order valence-corrected chi connectivity index (χ0v) is 20.5. The first-order chi connectivity index (χ1) is 17.5. The molecule has 1 aliphatic heterocycles. The highest BCUT2D eigenvalue weighted by Gasteiger charge is 2.21. The van der Waals surface area contributed by atoms with E-state index in [1.807, 2.05) is 61.5 Å². The molecule has 2 aromatic heterocycles. The Labute approximate surface area is 211 Å². The van der Waals surface area contributed by atoms with E-state index < -0.39 is 11.7 Å². The topological polar surface area (TPSA) is 70.5 Å². The third-order valence-corrected chi connectivity index (χ3v) is 6.40. The SMILES string of the molecule is Cc1cc(C)nc(N2CCN(c3ccc(NC(=O)C(=O)c4cccn4-c4ccccc4)cc3)CC2)c1. The Bertz CT molecular complexity index is 1350. The standard InChI is InChI=1S/C29H29N5O2/c1-21-19-22(2)30-27(20-21)33-17-15-32(16-18-33)24-12-10-23(11-13-24)31-29(36)28(35)26-9-6-14-34(26)25-7-4-3-5-8-25/h3-14,19-20H,15-18H2,1-2H3,(H,31,36). The van der Waals surface area contributed by atoms with Crippen LogP contribution in [-0.2, 0) is 4.79 Å². The van der Waals surface area contributed by atoms with Gasteiger partial charge in [-0.15, -0.1) is 0 Å². The molecule has 1 saturated heterocycles. The summed E-state index contributed by atoms with van der Waals surface area (Å²) in [5, 5.41) is 2.74. The molecule has 0 spiro atoms. The Morgan fingerprint density at radius 1 is 0.778 bits per heavy atom. The molecule has 0 aliphatic carbocycles. The minimum atomic E-state index is -0.659. The van der Waals surface area contributed by atoms with Crippen LogP contribution < -0.4 is 15.1 Å². The van der Waals surface area contributed by atoms with Gasteiger partial charge in [0.1, 0.15) is 5.82 Å². The summed E-state index contributed by atoms with van der Waals surface area (Å²) < 4.78 is 1.72. The predicted octanol–water partition coefficient (Wildman–Crippen LogP) is 4.64. The number of Topliss-reactive ketones (excluding diaryl/α,β-unsaturated/α-hetero) is 1. The number of nitrogens with one attached hydrogen (secondary N) is 1. The number of hydrogen-bond acceptors (Lipinski definition) is 5. The number of anilines is 3. The summed E-state index contributed by atoms with van der Waals surface area (Å²) in [6.45, 7) is 7.68. The minimum absolute atomic E-state index is 0.325. The summed E-state index contributed by atoms with van der Waals surface area (Å²) in [4.78, 5) is 34.9. The summed E-state index contributed by atoms with van der Waals surface area (Å²) in [5.74, 6) is -0.203. The van der Waals surface area contributed by atoms with Crippen LogP contribution in [-0.4, -0.2) is 47.4 Å². The molecule has 0 saturated carbocycles. The van der Waals surface area contributed by atoms with Gasteiger partial charge >= 0.3 is 0 Å². The van der Waals surface area contributed by atoms with Crippen molar-refractivity contribution in [1.29, 1.82) is 0 Å². The van der Waals surface area contributed by atoms with Crippen molar-refractivity contribution in [3.05, 3.63) is 102 Å². The van der Waals surface area contributed by atoms with Crippen molar-refractivity contribution in [3.63, 3.8) is 0 Å². The third-order valence-electron chi connectivity index (χ3n) is 6.40. The van der Waals surface area contributed by atoms with Crippen LogP contribution in [0.1, 0.15) is 21.7 Å². The van der Waals surface area contributed by atoms with Gasteiger partial charge in [-0.2, -0.15) is 0 Å². The summed E-state index contributed by atoms with van der Waals surface area (Å²) in [6.07, 6.45) is 1.78. The van der Waals surface area contributed by atoms with Crippen LogP contribution in [0.25, 0.3) is 5.69 Å². The maximum Gasteiger partial charge on any atom is 0.298 e. The van der Waals surface area contributed by atoms with Gasteiger partial charge in [0.15, 0.2) is 0 Å². The molecule has 3 heterocycles. The Morgan fingerprint density at radius 3 is 2.17 bits per heavy atom. The van der Waals surface area contributed by atoms with Crippen molar-refractivity contribution in [2.24, 2.45) is 0 Å². The number of nitrogens with zero attached hydrogens (tertiary/aromatic N) is 4.